The number of hydrogen-bond donors (Lipinski definition) is 0. The highest BCUT2D eigenvalue weighted by atomic mass is 16.5. The fourth-order valence-electron chi connectivity index (χ4n) is 8.47. The van der Waals surface area contributed by atoms with Crippen LogP contribution < -0.4 is 26.0 Å². The van der Waals surface area contributed by atoms with E-state index in [1.54, 1.807) is 0 Å². The highest BCUT2D eigenvalue weighted by Crippen LogP contribution is 2.48. The fraction of sp³-hybridized carbons (Fsp3) is 0.200. The molecule has 0 radical (unpaired) electrons. The monoisotopic (exact) mass is 621 g/mol. The predicted octanol–water partition coefficient (Wildman–Crippen LogP) is 10.1. The second kappa shape index (κ2) is 10.5. The molecule has 6 aromatic rings. The van der Waals surface area contributed by atoms with Gasteiger partial charge in [0, 0.05) is 17.1 Å². The first-order chi connectivity index (χ1) is 23.2. The summed E-state index contributed by atoms with van der Waals surface area (Å²) in [6.45, 7) is 11.9. The van der Waals surface area contributed by atoms with Crippen LogP contribution >= 0.6 is 0 Å². The summed E-state index contributed by atoms with van der Waals surface area (Å²) in [5.74, 6) is 1.97. The Kier molecular flexibility index (Phi) is 6.37. The second-order valence-corrected chi connectivity index (χ2v) is 15.3. The zero-order valence-corrected chi connectivity index (χ0v) is 28.5. The topological polar surface area (TPSA) is 12.5 Å². The maximum absolute atomic E-state index is 7.00. The molecule has 0 amide bonds. The van der Waals surface area contributed by atoms with Crippen molar-refractivity contribution in [3.63, 3.8) is 0 Å². The van der Waals surface area contributed by atoms with E-state index in [1.807, 2.05) is 0 Å². The number of ether oxygens (including phenoxy) is 1. The summed E-state index contributed by atoms with van der Waals surface area (Å²) >= 11 is 0. The summed E-state index contributed by atoms with van der Waals surface area (Å²) in [4.78, 5) is 2.46. The largest absolute Gasteiger partial charge is 0.458 e. The van der Waals surface area contributed by atoms with Crippen LogP contribution in [0.3, 0.4) is 0 Å². The van der Waals surface area contributed by atoms with Crippen LogP contribution in [0.25, 0.3) is 22.3 Å². The van der Waals surface area contributed by atoms with Gasteiger partial charge in [0.25, 0.3) is 6.71 Å². The Labute approximate surface area is 285 Å². The van der Waals surface area contributed by atoms with E-state index in [2.05, 4.69) is 167 Å². The second-order valence-electron chi connectivity index (χ2n) is 15.3. The van der Waals surface area contributed by atoms with E-state index >= 15 is 0 Å². The third-order valence-corrected chi connectivity index (χ3v) is 11.2. The Morgan fingerprint density at radius 2 is 1.12 bits per heavy atom. The molecule has 0 N–H and O–H groups in total. The summed E-state index contributed by atoms with van der Waals surface area (Å²) in [5, 5.41) is 0. The molecule has 3 aliphatic rings. The molecule has 2 nitrogen and oxygen atoms in total. The van der Waals surface area contributed by atoms with Gasteiger partial charge < -0.3 is 9.64 Å². The van der Waals surface area contributed by atoms with Gasteiger partial charge >= 0.3 is 0 Å². The van der Waals surface area contributed by atoms with Crippen molar-refractivity contribution in [1.29, 1.82) is 0 Å². The van der Waals surface area contributed by atoms with Gasteiger partial charge in [-0.25, -0.2) is 0 Å². The van der Waals surface area contributed by atoms with E-state index < -0.39 is 0 Å². The number of nitrogens with zero attached hydrogens (tertiary/aromatic N) is 1. The lowest BCUT2D eigenvalue weighted by Crippen LogP contribution is -2.60. The molecule has 0 spiro atoms. The normalized spacial score (nSPS) is 16.3. The SMILES string of the molecule is Cc1cc2c3c(c1)N(c1ccc(-c4ccccc4)cc1)c1ccc(-c4ccccc4)cc1B3c1cc3c(cc1O2)C(C)(C)CCC3(C)C. The molecule has 9 rings (SSSR count). The van der Waals surface area contributed by atoms with Crippen LogP contribution in [0.2, 0.25) is 0 Å². The Balaban J connectivity index is 1.30. The number of hydrogen-bond acceptors (Lipinski definition) is 2. The molecule has 48 heavy (non-hydrogen) atoms. The molecule has 0 saturated heterocycles. The quantitative estimate of drug-likeness (QED) is 0.182. The lowest BCUT2D eigenvalue weighted by Gasteiger charge is -2.44. The molecule has 1 aliphatic carbocycles. The third-order valence-electron chi connectivity index (χ3n) is 11.2. The third kappa shape index (κ3) is 4.48. The molecule has 0 fully saturated rings. The van der Waals surface area contributed by atoms with Crippen molar-refractivity contribution in [2.45, 2.75) is 58.3 Å². The van der Waals surface area contributed by atoms with Gasteiger partial charge in [0.1, 0.15) is 11.5 Å². The molecule has 2 heterocycles. The standard InChI is InChI=1S/C45H40BNO/c1-29-24-40-43-42(25-29)48-41-28-36-35(44(2,3)22-23-45(36,4)5)27-38(41)46(43)37-26-33(31-14-10-7-11-15-31)18-21-39(37)47(40)34-19-16-32(17-20-34)30-12-8-6-9-13-30/h6-21,24-28H,22-23H2,1-5H3. The van der Waals surface area contributed by atoms with Crippen LogP contribution in [0.15, 0.2) is 127 Å². The molecule has 2 aliphatic heterocycles. The van der Waals surface area contributed by atoms with E-state index in [-0.39, 0.29) is 17.5 Å². The molecule has 3 heteroatoms. The van der Waals surface area contributed by atoms with Crippen LogP contribution in [0.5, 0.6) is 11.5 Å². The zero-order valence-electron chi connectivity index (χ0n) is 28.5. The number of rotatable bonds is 3. The molecular formula is C45H40BNO. The molecule has 0 bridgehead atoms. The Bertz CT molecular complexity index is 2220. The average molecular weight is 622 g/mol. The molecule has 6 aromatic carbocycles. The molecule has 0 atom stereocenters. The van der Waals surface area contributed by atoms with E-state index in [0.29, 0.717) is 0 Å². The number of fused-ring (bicyclic) bond motifs is 5. The van der Waals surface area contributed by atoms with E-state index in [4.69, 9.17) is 4.74 Å². The summed E-state index contributed by atoms with van der Waals surface area (Å²) < 4.78 is 7.00. The van der Waals surface area contributed by atoms with Crippen LogP contribution in [-0.2, 0) is 10.8 Å². The Morgan fingerprint density at radius 1 is 0.542 bits per heavy atom. The van der Waals surface area contributed by atoms with Gasteiger partial charge in [-0.3, -0.25) is 0 Å². The van der Waals surface area contributed by atoms with Crippen molar-refractivity contribution < 1.29 is 4.74 Å². The first-order valence-corrected chi connectivity index (χ1v) is 17.3. The Morgan fingerprint density at radius 3 is 1.79 bits per heavy atom. The molecular weight excluding hydrogens is 581 g/mol. The van der Waals surface area contributed by atoms with Crippen LogP contribution in [0.4, 0.5) is 17.1 Å². The lowest BCUT2D eigenvalue weighted by molar-refractivity contribution is 0.330. The van der Waals surface area contributed by atoms with Gasteiger partial charge in [-0.15, -0.1) is 0 Å². The Hall–Kier alpha value is -5.02. The number of anilines is 3. The highest BCUT2D eigenvalue weighted by molar-refractivity contribution is 6.99. The van der Waals surface area contributed by atoms with Crippen LogP contribution in [0.1, 0.15) is 57.2 Å². The van der Waals surface area contributed by atoms with Gasteiger partial charge in [0.2, 0.25) is 0 Å². The molecule has 0 unspecified atom stereocenters. The summed E-state index contributed by atoms with van der Waals surface area (Å²) in [5.41, 5.74) is 16.6. The summed E-state index contributed by atoms with van der Waals surface area (Å²) in [7, 11) is 0. The van der Waals surface area contributed by atoms with Crippen molar-refractivity contribution in [3.05, 3.63) is 144 Å². The van der Waals surface area contributed by atoms with Crippen molar-refractivity contribution >= 4 is 40.2 Å². The van der Waals surface area contributed by atoms with Crippen molar-refractivity contribution in [1.82, 2.24) is 0 Å². The van der Waals surface area contributed by atoms with Gasteiger partial charge in [-0.05, 0) is 122 Å². The smallest absolute Gasteiger partial charge is 0.256 e. The highest BCUT2D eigenvalue weighted by Gasteiger charge is 2.45. The van der Waals surface area contributed by atoms with E-state index in [9.17, 15) is 0 Å². The van der Waals surface area contributed by atoms with Crippen LogP contribution in [0, 0.1) is 6.92 Å². The van der Waals surface area contributed by atoms with E-state index in [1.165, 1.54) is 79.5 Å². The summed E-state index contributed by atoms with van der Waals surface area (Å²) in [6.07, 6.45) is 2.36. The number of benzene rings is 6. The van der Waals surface area contributed by atoms with Crippen molar-refractivity contribution in [2.75, 3.05) is 4.90 Å². The lowest BCUT2D eigenvalue weighted by atomic mass is 9.33. The van der Waals surface area contributed by atoms with Gasteiger partial charge in [-0.2, -0.15) is 0 Å². The minimum atomic E-state index is 0.0593. The first kappa shape index (κ1) is 29.1. The minimum Gasteiger partial charge on any atom is -0.458 e. The van der Waals surface area contributed by atoms with Crippen molar-refractivity contribution in [3.8, 4) is 33.8 Å². The summed E-state index contributed by atoms with van der Waals surface area (Å²) in [6, 6.07) is 47.0. The van der Waals surface area contributed by atoms with Crippen LogP contribution in [-0.4, -0.2) is 6.71 Å². The zero-order chi connectivity index (χ0) is 32.8. The van der Waals surface area contributed by atoms with Gasteiger partial charge in [0.05, 0.1) is 0 Å². The minimum absolute atomic E-state index is 0.0593. The van der Waals surface area contributed by atoms with E-state index in [0.717, 1.165) is 17.2 Å². The maximum atomic E-state index is 7.00. The molecule has 234 valence electrons. The van der Waals surface area contributed by atoms with Gasteiger partial charge in [-0.1, -0.05) is 119 Å². The maximum Gasteiger partial charge on any atom is 0.256 e. The van der Waals surface area contributed by atoms with Crippen molar-refractivity contribution in [2.24, 2.45) is 0 Å². The molecule has 0 aromatic heterocycles. The molecule has 0 saturated carbocycles. The first-order valence-electron chi connectivity index (χ1n) is 17.3. The average Bonchev–Trinajstić information content (AvgIpc) is 3.10. The van der Waals surface area contributed by atoms with Gasteiger partial charge in [0.15, 0.2) is 0 Å². The predicted molar refractivity (Wildman–Crippen MR) is 203 cm³/mol. The number of aryl methyl sites for hydroxylation is 1. The fourth-order valence-corrected chi connectivity index (χ4v) is 8.47.